The second-order valence-electron chi connectivity index (χ2n) is 11.8. The number of carbonyl (C=O) groups excluding carboxylic acids is 1. The van der Waals surface area contributed by atoms with E-state index < -0.39 is 13.7 Å². The average Bonchev–Trinajstić information content (AvgIpc) is 2.84. The van der Waals surface area contributed by atoms with Crippen LogP contribution in [0.25, 0.3) is 0 Å². The molecule has 3 nitrogen and oxygen atoms in total. The fraction of sp³-hybridized carbons (Fsp3) is 0.955. The van der Waals surface area contributed by atoms with Gasteiger partial charge in [-0.1, -0.05) is 41.5 Å². The molecule has 5 atom stereocenters. The van der Waals surface area contributed by atoms with Gasteiger partial charge in [-0.2, -0.15) is 0 Å². The zero-order chi connectivity index (χ0) is 19.8. The molecule has 0 unspecified atom stereocenters. The van der Waals surface area contributed by atoms with E-state index in [-0.39, 0.29) is 22.5 Å². The molecule has 0 N–H and O–H groups in total. The van der Waals surface area contributed by atoms with Crippen molar-refractivity contribution in [3.8, 4) is 0 Å². The van der Waals surface area contributed by atoms with Crippen LogP contribution in [0.3, 0.4) is 0 Å². The molecule has 3 fully saturated rings. The lowest BCUT2D eigenvalue weighted by molar-refractivity contribution is -0.191. The van der Waals surface area contributed by atoms with Crippen molar-refractivity contribution in [2.45, 2.75) is 98.4 Å². The largest absolute Gasteiger partial charge is 0.465 e. The molecule has 0 aromatic rings. The number of ether oxygens (including phenoxy) is 1. The average molecular weight is 381 g/mol. The molecule has 150 valence electrons. The highest BCUT2D eigenvalue weighted by molar-refractivity contribution is 6.74. The fourth-order valence-corrected chi connectivity index (χ4v) is 7.52. The molecular weight excluding hydrogens is 340 g/mol. The van der Waals surface area contributed by atoms with Crippen molar-refractivity contribution in [2.24, 2.45) is 28.1 Å². The van der Waals surface area contributed by atoms with Crippen LogP contribution in [0, 0.1) is 28.1 Å². The molecule has 3 rings (SSSR count). The third kappa shape index (κ3) is 2.57. The Bertz CT molecular complexity index is 591. The predicted molar refractivity (Wildman–Crippen MR) is 108 cm³/mol. The zero-order valence-corrected chi connectivity index (χ0v) is 19.5. The molecule has 0 saturated heterocycles. The van der Waals surface area contributed by atoms with Crippen LogP contribution >= 0.6 is 0 Å². The smallest absolute Gasteiger partial charge is 0.315 e. The molecule has 3 saturated carbocycles. The molecule has 0 aromatic heterocycles. The van der Waals surface area contributed by atoms with Crippen molar-refractivity contribution < 1.29 is 14.0 Å². The lowest BCUT2D eigenvalue weighted by Gasteiger charge is -2.57. The number of rotatable bonds is 4. The first-order chi connectivity index (χ1) is 11.7. The molecule has 4 heteroatoms. The molecule has 0 heterocycles. The minimum absolute atomic E-state index is 0.0182. The number of hydrogen-bond acceptors (Lipinski definition) is 3. The van der Waals surface area contributed by atoms with E-state index in [1.165, 1.54) is 12.8 Å². The summed E-state index contributed by atoms with van der Waals surface area (Å²) < 4.78 is 12.7. The molecule has 0 bridgehead atoms. The van der Waals surface area contributed by atoms with Crippen molar-refractivity contribution in [3.63, 3.8) is 0 Å². The van der Waals surface area contributed by atoms with Crippen LogP contribution in [0.2, 0.25) is 18.1 Å². The summed E-state index contributed by atoms with van der Waals surface area (Å²) in [7, 11) is -1.97. The van der Waals surface area contributed by atoms with Crippen molar-refractivity contribution in [3.05, 3.63) is 0 Å². The summed E-state index contributed by atoms with van der Waals surface area (Å²) in [6.07, 6.45) is 4.50. The summed E-state index contributed by atoms with van der Waals surface area (Å²) in [5, 5.41) is 0.148. The molecule has 0 spiro atoms. The van der Waals surface area contributed by atoms with Crippen LogP contribution in [0.15, 0.2) is 0 Å². The first-order valence-corrected chi connectivity index (χ1v) is 13.5. The Morgan fingerprint density at radius 3 is 2.19 bits per heavy atom. The molecule has 26 heavy (non-hydrogen) atoms. The lowest BCUT2D eigenvalue weighted by atomic mass is 9.48. The fourth-order valence-electron chi connectivity index (χ4n) is 6.16. The summed E-state index contributed by atoms with van der Waals surface area (Å²) in [4.78, 5) is 13.3. The highest BCUT2D eigenvalue weighted by Gasteiger charge is 2.78. The Balaban J connectivity index is 2.04. The quantitative estimate of drug-likeness (QED) is 0.457. The third-order valence-electron chi connectivity index (χ3n) is 8.70. The van der Waals surface area contributed by atoms with Crippen LogP contribution < -0.4 is 0 Å². The highest BCUT2D eigenvalue weighted by atomic mass is 28.4. The van der Waals surface area contributed by atoms with Crippen molar-refractivity contribution in [1.82, 2.24) is 0 Å². The van der Waals surface area contributed by atoms with Gasteiger partial charge in [0, 0.05) is 0 Å². The first kappa shape index (κ1) is 20.4. The molecule has 0 radical (unpaired) electrons. The summed E-state index contributed by atoms with van der Waals surface area (Å²) in [5.74, 6) is 1.10. The summed E-state index contributed by atoms with van der Waals surface area (Å²) in [6.45, 7) is 21.1. The highest BCUT2D eigenvalue weighted by Crippen LogP contribution is 2.76. The van der Waals surface area contributed by atoms with Gasteiger partial charge in [-0.3, -0.25) is 4.79 Å². The lowest BCUT2D eigenvalue weighted by Crippen LogP contribution is -2.61. The Kier molecular flexibility index (Phi) is 4.57. The second kappa shape index (κ2) is 5.82. The molecule has 3 aliphatic rings. The number of esters is 1. The van der Waals surface area contributed by atoms with E-state index in [9.17, 15) is 4.79 Å². The molecule has 3 aliphatic carbocycles. The van der Waals surface area contributed by atoms with E-state index in [1.807, 2.05) is 6.92 Å². The monoisotopic (exact) mass is 380 g/mol. The SMILES string of the molecule is CCOC(=O)[C@]12CC[C@@]1(C)[C@@H]1CC(C)(C)C[C@@H]1[C@H]2O[Si](C)(C)C(C)(C)C. The minimum atomic E-state index is -1.97. The number of carbonyl (C=O) groups is 1. The van der Waals surface area contributed by atoms with Crippen molar-refractivity contribution >= 4 is 14.3 Å². The first-order valence-electron chi connectivity index (χ1n) is 10.6. The normalized spacial score (nSPS) is 41.3. The van der Waals surface area contributed by atoms with E-state index in [4.69, 9.17) is 9.16 Å². The second-order valence-corrected chi connectivity index (χ2v) is 16.5. The van der Waals surface area contributed by atoms with Gasteiger partial charge in [0.05, 0.1) is 18.1 Å². The summed E-state index contributed by atoms with van der Waals surface area (Å²) in [5.41, 5.74) is -0.0150. The Morgan fingerprint density at radius 2 is 1.73 bits per heavy atom. The van der Waals surface area contributed by atoms with Crippen LogP contribution in [0.1, 0.15) is 74.1 Å². The van der Waals surface area contributed by atoms with E-state index in [0.29, 0.717) is 23.9 Å². The maximum Gasteiger partial charge on any atom is 0.315 e. The van der Waals surface area contributed by atoms with Gasteiger partial charge in [0.15, 0.2) is 8.32 Å². The van der Waals surface area contributed by atoms with Gasteiger partial charge in [0.1, 0.15) is 0 Å². The molecule has 0 aromatic carbocycles. The van der Waals surface area contributed by atoms with E-state index in [0.717, 1.165) is 12.8 Å². The third-order valence-corrected chi connectivity index (χ3v) is 13.2. The topological polar surface area (TPSA) is 35.5 Å². The molecule has 0 amide bonds. The van der Waals surface area contributed by atoms with Crippen LogP contribution in [0.4, 0.5) is 0 Å². The van der Waals surface area contributed by atoms with Gasteiger partial charge in [-0.25, -0.2) is 0 Å². The minimum Gasteiger partial charge on any atom is -0.465 e. The molecular formula is C22H40O3Si. The van der Waals surface area contributed by atoms with Crippen LogP contribution in [-0.4, -0.2) is 27.0 Å². The molecule has 0 aliphatic heterocycles. The van der Waals surface area contributed by atoms with Gasteiger partial charge < -0.3 is 9.16 Å². The van der Waals surface area contributed by atoms with Crippen molar-refractivity contribution in [1.29, 1.82) is 0 Å². The maximum absolute atomic E-state index is 13.3. The van der Waals surface area contributed by atoms with Gasteiger partial charge in [-0.15, -0.1) is 0 Å². The summed E-state index contributed by atoms with van der Waals surface area (Å²) in [6, 6.07) is 0. The van der Waals surface area contributed by atoms with E-state index >= 15 is 0 Å². The Labute approximate surface area is 161 Å². The van der Waals surface area contributed by atoms with Gasteiger partial charge >= 0.3 is 5.97 Å². The van der Waals surface area contributed by atoms with E-state index in [2.05, 4.69) is 54.6 Å². The maximum atomic E-state index is 13.3. The Morgan fingerprint density at radius 1 is 1.12 bits per heavy atom. The van der Waals surface area contributed by atoms with Gasteiger partial charge in [0.25, 0.3) is 0 Å². The standard InChI is InChI=1S/C22H40O3Si/c1-10-24-18(23)22-12-11-21(22,7)16-14-20(5,6)13-15(16)17(22)25-26(8,9)19(2,3)4/h15-17H,10-14H2,1-9H3/t15-,16+,17+,21-,22+/m0/s1. The van der Waals surface area contributed by atoms with Crippen LogP contribution in [0.5, 0.6) is 0 Å². The van der Waals surface area contributed by atoms with Crippen molar-refractivity contribution in [2.75, 3.05) is 6.61 Å². The van der Waals surface area contributed by atoms with E-state index in [1.54, 1.807) is 0 Å². The van der Waals surface area contributed by atoms with Crippen LogP contribution in [-0.2, 0) is 14.0 Å². The predicted octanol–water partition coefficient (Wildman–Crippen LogP) is 5.79. The summed E-state index contributed by atoms with van der Waals surface area (Å²) >= 11 is 0. The number of fused-ring (bicyclic) bond motifs is 3. The van der Waals surface area contributed by atoms with Gasteiger partial charge in [0.2, 0.25) is 0 Å². The number of hydrogen-bond donors (Lipinski definition) is 0. The Hall–Kier alpha value is -0.353. The zero-order valence-electron chi connectivity index (χ0n) is 18.5. The van der Waals surface area contributed by atoms with Gasteiger partial charge in [-0.05, 0) is 73.4 Å².